The Morgan fingerprint density at radius 1 is 1.12 bits per heavy atom. The van der Waals surface area contributed by atoms with Gasteiger partial charge in [-0.1, -0.05) is 13.8 Å². The van der Waals surface area contributed by atoms with E-state index in [1.54, 1.807) is 0 Å². The van der Waals surface area contributed by atoms with Crippen molar-refractivity contribution in [2.75, 3.05) is 33.2 Å². The summed E-state index contributed by atoms with van der Waals surface area (Å²) in [6.07, 6.45) is 0. The molecule has 4 heteroatoms. The number of rotatable bonds is 2. The van der Waals surface area contributed by atoms with Crippen molar-refractivity contribution in [3.05, 3.63) is 17.0 Å². The second-order valence-electron chi connectivity index (χ2n) is 3.69. The third kappa shape index (κ3) is 4.45. The minimum atomic E-state index is 1.18. The van der Waals surface area contributed by atoms with Gasteiger partial charge in [-0.25, -0.2) is 4.31 Å². The van der Waals surface area contributed by atoms with E-state index in [1.165, 1.54) is 35.3 Å². The summed E-state index contributed by atoms with van der Waals surface area (Å²) in [5.41, 5.74) is 0. The number of nitrogens with zero attached hydrogens (tertiary/aromatic N) is 2. The van der Waals surface area contributed by atoms with E-state index in [-0.39, 0.29) is 0 Å². The lowest BCUT2D eigenvalue weighted by molar-refractivity contribution is 0.233. The second-order valence-corrected chi connectivity index (χ2v) is 6.37. The number of thiophene rings is 1. The van der Waals surface area contributed by atoms with Crippen molar-refractivity contribution >= 4 is 23.3 Å². The standard InChI is InChI=1S/C10H16N2S2.C2H6/c1-9-3-4-10(13-9)14-12-7-5-11(2)6-8-12;1-2/h3-4H,5-8H2,1-2H3;1-2H3. The summed E-state index contributed by atoms with van der Waals surface area (Å²) in [4.78, 5) is 3.79. The SMILES string of the molecule is CC.Cc1ccc(SN2CCN(C)CC2)s1. The van der Waals surface area contributed by atoms with Gasteiger partial charge >= 0.3 is 0 Å². The van der Waals surface area contributed by atoms with Crippen LogP contribution in [0.3, 0.4) is 0 Å². The number of likely N-dealkylation sites (N-methyl/N-ethyl adjacent to an activating group) is 1. The molecule has 0 unspecified atom stereocenters. The molecule has 2 rings (SSSR count). The molecule has 1 aromatic rings. The smallest absolute Gasteiger partial charge is 0.0756 e. The molecule has 1 saturated heterocycles. The molecule has 0 saturated carbocycles. The van der Waals surface area contributed by atoms with Gasteiger partial charge in [-0.2, -0.15) is 0 Å². The first kappa shape index (κ1) is 14.0. The third-order valence-electron chi connectivity index (χ3n) is 2.40. The summed E-state index contributed by atoms with van der Waals surface area (Å²) in [6, 6.07) is 4.42. The zero-order chi connectivity index (χ0) is 12.0. The van der Waals surface area contributed by atoms with Crippen LogP contribution in [-0.2, 0) is 0 Å². The summed E-state index contributed by atoms with van der Waals surface area (Å²) in [7, 11) is 2.19. The van der Waals surface area contributed by atoms with Crippen molar-refractivity contribution in [3.63, 3.8) is 0 Å². The Balaban J connectivity index is 0.000000606. The molecule has 1 aliphatic heterocycles. The Labute approximate surface area is 108 Å². The molecule has 92 valence electrons. The second kappa shape index (κ2) is 7.33. The van der Waals surface area contributed by atoms with E-state index >= 15 is 0 Å². The lowest BCUT2D eigenvalue weighted by Gasteiger charge is -2.30. The van der Waals surface area contributed by atoms with E-state index < -0.39 is 0 Å². The molecule has 0 amide bonds. The van der Waals surface area contributed by atoms with Crippen molar-refractivity contribution in [2.24, 2.45) is 0 Å². The van der Waals surface area contributed by atoms with Gasteiger partial charge in [0.15, 0.2) is 0 Å². The molecule has 16 heavy (non-hydrogen) atoms. The maximum Gasteiger partial charge on any atom is 0.0756 e. The normalized spacial score (nSPS) is 18.0. The Kier molecular flexibility index (Phi) is 6.43. The molecule has 1 aromatic heterocycles. The average molecular weight is 258 g/mol. The quantitative estimate of drug-likeness (QED) is 0.751. The van der Waals surface area contributed by atoms with Gasteiger partial charge in [0.1, 0.15) is 0 Å². The van der Waals surface area contributed by atoms with Gasteiger partial charge in [0.25, 0.3) is 0 Å². The summed E-state index contributed by atoms with van der Waals surface area (Å²) in [5.74, 6) is 0. The molecule has 0 aromatic carbocycles. The molecule has 2 nitrogen and oxygen atoms in total. The van der Waals surface area contributed by atoms with Gasteiger partial charge < -0.3 is 4.90 Å². The molecule has 0 spiro atoms. The summed E-state index contributed by atoms with van der Waals surface area (Å²) >= 11 is 3.80. The highest BCUT2D eigenvalue weighted by atomic mass is 32.2. The van der Waals surface area contributed by atoms with E-state index in [0.29, 0.717) is 0 Å². The minimum Gasteiger partial charge on any atom is -0.304 e. The first-order valence-corrected chi connectivity index (χ1v) is 7.51. The predicted octanol–water partition coefficient (Wildman–Crippen LogP) is 3.34. The molecule has 1 fully saturated rings. The van der Waals surface area contributed by atoms with Crippen molar-refractivity contribution in [3.8, 4) is 0 Å². The van der Waals surface area contributed by atoms with E-state index in [1.807, 2.05) is 37.1 Å². The van der Waals surface area contributed by atoms with Gasteiger partial charge in [0.05, 0.1) is 4.21 Å². The molecule has 2 heterocycles. The van der Waals surface area contributed by atoms with Crippen LogP contribution in [0.2, 0.25) is 0 Å². The van der Waals surface area contributed by atoms with Crippen LogP contribution in [0.1, 0.15) is 18.7 Å². The topological polar surface area (TPSA) is 6.48 Å². The Morgan fingerprint density at radius 2 is 1.75 bits per heavy atom. The van der Waals surface area contributed by atoms with Crippen LogP contribution in [-0.4, -0.2) is 42.4 Å². The summed E-state index contributed by atoms with van der Waals surface area (Å²) in [5, 5.41) is 0. The van der Waals surface area contributed by atoms with Crippen LogP contribution in [0.5, 0.6) is 0 Å². The molecule has 0 N–H and O–H groups in total. The monoisotopic (exact) mass is 258 g/mol. The third-order valence-corrected chi connectivity index (χ3v) is 4.61. The Hall–Kier alpha value is -0.0300. The van der Waals surface area contributed by atoms with Crippen LogP contribution in [0.15, 0.2) is 16.3 Å². The van der Waals surface area contributed by atoms with Crippen molar-refractivity contribution in [1.82, 2.24) is 9.21 Å². The fourth-order valence-electron chi connectivity index (χ4n) is 1.47. The van der Waals surface area contributed by atoms with Crippen LogP contribution in [0, 0.1) is 6.92 Å². The zero-order valence-electron chi connectivity index (χ0n) is 10.7. The van der Waals surface area contributed by atoms with Gasteiger partial charge in [-0.3, -0.25) is 0 Å². The fourth-order valence-corrected chi connectivity index (χ4v) is 3.65. The molecule has 1 aliphatic rings. The fraction of sp³-hybridized carbons (Fsp3) is 0.667. The lowest BCUT2D eigenvalue weighted by atomic mass is 10.4. The van der Waals surface area contributed by atoms with Gasteiger partial charge in [0.2, 0.25) is 0 Å². The van der Waals surface area contributed by atoms with Crippen LogP contribution in [0.4, 0.5) is 0 Å². The first-order chi connectivity index (χ1) is 7.74. The largest absolute Gasteiger partial charge is 0.304 e. The average Bonchev–Trinajstić information content (AvgIpc) is 2.70. The van der Waals surface area contributed by atoms with E-state index in [0.717, 1.165) is 0 Å². The van der Waals surface area contributed by atoms with Crippen LogP contribution >= 0.6 is 23.3 Å². The Bertz CT molecular complexity index is 291. The number of piperazine rings is 1. The molecule has 0 atom stereocenters. The van der Waals surface area contributed by atoms with Crippen molar-refractivity contribution in [1.29, 1.82) is 0 Å². The van der Waals surface area contributed by atoms with Gasteiger partial charge in [-0.15, -0.1) is 11.3 Å². The molecule has 0 bridgehead atoms. The van der Waals surface area contributed by atoms with Crippen LogP contribution < -0.4 is 0 Å². The molecular weight excluding hydrogens is 236 g/mol. The maximum atomic E-state index is 2.46. The molecular formula is C12H22N2S2. The van der Waals surface area contributed by atoms with Crippen molar-refractivity contribution < 1.29 is 0 Å². The van der Waals surface area contributed by atoms with Crippen LogP contribution in [0.25, 0.3) is 0 Å². The number of hydrogen-bond donors (Lipinski definition) is 0. The summed E-state index contributed by atoms with van der Waals surface area (Å²) < 4.78 is 3.89. The van der Waals surface area contributed by atoms with E-state index in [2.05, 4.69) is 35.3 Å². The number of hydrogen-bond acceptors (Lipinski definition) is 4. The minimum absolute atomic E-state index is 1.18. The van der Waals surface area contributed by atoms with Gasteiger partial charge in [-0.05, 0) is 38.1 Å². The maximum absolute atomic E-state index is 2.46. The number of aryl methyl sites for hydroxylation is 1. The zero-order valence-corrected chi connectivity index (χ0v) is 12.3. The highest BCUT2D eigenvalue weighted by Crippen LogP contribution is 2.29. The highest BCUT2D eigenvalue weighted by molar-refractivity contribution is 7.98. The van der Waals surface area contributed by atoms with E-state index in [9.17, 15) is 0 Å². The molecule has 0 radical (unpaired) electrons. The highest BCUT2D eigenvalue weighted by Gasteiger charge is 2.15. The van der Waals surface area contributed by atoms with E-state index in [4.69, 9.17) is 0 Å². The Morgan fingerprint density at radius 3 is 2.25 bits per heavy atom. The predicted molar refractivity (Wildman–Crippen MR) is 75.3 cm³/mol. The first-order valence-electron chi connectivity index (χ1n) is 5.92. The molecule has 0 aliphatic carbocycles. The lowest BCUT2D eigenvalue weighted by Crippen LogP contribution is -2.40. The summed E-state index contributed by atoms with van der Waals surface area (Å²) in [6.45, 7) is 10.9. The van der Waals surface area contributed by atoms with Crippen molar-refractivity contribution in [2.45, 2.75) is 25.0 Å². The van der Waals surface area contributed by atoms with Gasteiger partial charge in [0, 0.05) is 31.1 Å².